The van der Waals surface area contributed by atoms with Gasteiger partial charge in [0.15, 0.2) is 10.2 Å². The number of carbonyl (C=O) groups excluding carboxylic acids is 3. The normalized spacial score (nSPS) is 21.6. The number of anilines is 1. The van der Waals surface area contributed by atoms with Gasteiger partial charge in [0.2, 0.25) is 17.7 Å². The van der Waals surface area contributed by atoms with Crippen LogP contribution in [0.3, 0.4) is 0 Å². The number of hydrogen-bond donors (Lipinski definition) is 4. The van der Waals surface area contributed by atoms with Crippen molar-refractivity contribution >= 4 is 47.7 Å². The Balaban J connectivity index is 1.57. The summed E-state index contributed by atoms with van der Waals surface area (Å²) in [5, 5.41) is 14.8. The van der Waals surface area contributed by atoms with E-state index in [4.69, 9.17) is 12.2 Å². The number of imide groups is 2. The van der Waals surface area contributed by atoms with E-state index in [-0.39, 0.29) is 22.6 Å². The molecule has 4 N–H and O–H groups in total. The van der Waals surface area contributed by atoms with E-state index in [2.05, 4.69) is 25.5 Å². The first-order chi connectivity index (χ1) is 16.6. The molecule has 0 radical (unpaired) electrons. The lowest BCUT2D eigenvalue weighted by atomic mass is 9.68. The first kappa shape index (κ1) is 22.9. The highest BCUT2D eigenvalue weighted by molar-refractivity contribution is 7.71. The molecule has 4 heterocycles. The summed E-state index contributed by atoms with van der Waals surface area (Å²) in [6.45, 7) is 1.82. The first-order valence-corrected chi connectivity index (χ1v) is 11.3. The molecule has 5 rings (SSSR count). The van der Waals surface area contributed by atoms with Gasteiger partial charge in [-0.25, -0.2) is 4.79 Å². The zero-order chi connectivity index (χ0) is 25.1. The molecule has 12 nitrogen and oxygen atoms in total. The Kier molecular flexibility index (Phi) is 5.33. The standard InChI is InChI=1S/C22H23N7O5S/c1-27-5-6-29-14-4-3-12(23-9-13-16(30)24-21(35)28(2)17(13)31)7-11(14)8-22(15(29)10-27)18(32)25-20(34)26-19(22)33/h3-4,7,9,15,31H,5-6,8,10H2,1-2H3,(H,24,30,35)(H2,25,26,32,33,34). The third kappa shape index (κ3) is 3.54. The second-order valence-corrected chi connectivity index (χ2v) is 9.37. The van der Waals surface area contributed by atoms with Gasteiger partial charge < -0.3 is 14.9 Å². The average molecular weight is 498 g/mol. The van der Waals surface area contributed by atoms with Crippen molar-refractivity contribution in [2.75, 3.05) is 31.6 Å². The number of barbiturate groups is 1. The molecule has 182 valence electrons. The number of benzene rings is 1. The van der Waals surface area contributed by atoms with Crippen molar-refractivity contribution in [3.8, 4) is 5.88 Å². The average Bonchev–Trinajstić information content (AvgIpc) is 2.80. The molecule has 1 aromatic heterocycles. The van der Waals surface area contributed by atoms with Crippen LogP contribution in [0.5, 0.6) is 5.88 Å². The third-order valence-electron chi connectivity index (χ3n) is 6.93. The fourth-order valence-corrected chi connectivity index (χ4v) is 5.21. The van der Waals surface area contributed by atoms with Crippen molar-refractivity contribution in [1.29, 1.82) is 0 Å². The van der Waals surface area contributed by atoms with Crippen molar-refractivity contribution < 1.29 is 19.5 Å². The number of carbonyl (C=O) groups is 3. The lowest BCUT2D eigenvalue weighted by Crippen LogP contribution is -2.74. The smallest absolute Gasteiger partial charge is 0.328 e. The summed E-state index contributed by atoms with van der Waals surface area (Å²) in [6.07, 6.45) is 1.32. The molecule has 1 spiro atoms. The molecule has 35 heavy (non-hydrogen) atoms. The van der Waals surface area contributed by atoms with Gasteiger partial charge in [-0.15, -0.1) is 0 Å². The van der Waals surface area contributed by atoms with Crippen molar-refractivity contribution in [1.82, 2.24) is 25.1 Å². The molecule has 0 bridgehead atoms. The number of hydrogen-bond acceptors (Lipinski definition) is 9. The quantitative estimate of drug-likeness (QED) is 0.256. The lowest BCUT2D eigenvalue weighted by Gasteiger charge is -2.53. The molecular weight excluding hydrogens is 474 g/mol. The molecule has 4 amide bonds. The SMILES string of the molecule is CN1CCN2c3ccc(N=Cc4c(O)n(C)c(=S)[nH]c4=O)cc3CC3(C(=O)NC(=O)NC3=O)C2C1. The predicted molar refractivity (Wildman–Crippen MR) is 129 cm³/mol. The number of aromatic hydroxyl groups is 1. The molecule has 1 unspecified atom stereocenters. The predicted octanol–water partition coefficient (Wildman–Crippen LogP) is -0.0720. The number of rotatable bonds is 2. The molecular formula is C22H23N7O5S. The van der Waals surface area contributed by atoms with Crippen molar-refractivity contribution in [3.05, 3.63) is 44.5 Å². The highest BCUT2D eigenvalue weighted by atomic mass is 32.1. The maximum Gasteiger partial charge on any atom is 0.328 e. The van der Waals surface area contributed by atoms with Crippen LogP contribution >= 0.6 is 12.2 Å². The minimum Gasteiger partial charge on any atom is -0.494 e. The molecule has 1 atom stereocenters. The number of H-pyrrole nitrogens is 1. The van der Waals surface area contributed by atoms with Crippen LogP contribution in [0.2, 0.25) is 0 Å². The third-order valence-corrected chi connectivity index (χ3v) is 7.31. The molecule has 0 aliphatic carbocycles. The van der Waals surface area contributed by atoms with Crippen LogP contribution < -0.4 is 21.1 Å². The van der Waals surface area contributed by atoms with Crippen LogP contribution in [0.15, 0.2) is 28.0 Å². The number of aromatic nitrogens is 2. The zero-order valence-corrected chi connectivity index (χ0v) is 19.8. The van der Waals surface area contributed by atoms with Crippen molar-refractivity contribution in [2.24, 2.45) is 17.5 Å². The van der Waals surface area contributed by atoms with E-state index in [0.717, 1.165) is 12.2 Å². The summed E-state index contributed by atoms with van der Waals surface area (Å²) in [7, 11) is 3.44. The number of aliphatic imine (C=N–C) groups is 1. The van der Waals surface area contributed by atoms with Crippen molar-refractivity contribution in [3.63, 3.8) is 0 Å². The summed E-state index contributed by atoms with van der Waals surface area (Å²) >= 11 is 4.98. The van der Waals surface area contributed by atoms with E-state index < -0.39 is 34.9 Å². The number of nitrogens with one attached hydrogen (secondary N) is 3. The number of aromatic amines is 1. The number of nitrogens with zero attached hydrogens (tertiary/aromatic N) is 4. The number of fused-ring (bicyclic) bond motifs is 4. The molecule has 0 saturated carbocycles. The largest absolute Gasteiger partial charge is 0.494 e. The maximum absolute atomic E-state index is 13.1. The topological polar surface area (TPSA) is 152 Å². The number of urea groups is 1. The Hall–Kier alpha value is -3.84. The molecule has 1 aromatic carbocycles. The lowest BCUT2D eigenvalue weighted by molar-refractivity contribution is -0.147. The Labute approximate surface area is 204 Å². The molecule has 2 saturated heterocycles. The minimum atomic E-state index is -1.49. The van der Waals surface area contributed by atoms with Gasteiger partial charge in [-0.2, -0.15) is 0 Å². The van der Waals surface area contributed by atoms with Gasteiger partial charge in [0, 0.05) is 38.6 Å². The van der Waals surface area contributed by atoms with Gasteiger partial charge in [-0.05, 0) is 49.4 Å². The van der Waals surface area contributed by atoms with Gasteiger partial charge in [0.05, 0.1) is 11.7 Å². The maximum atomic E-state index is 13.1. The van der Waals surface area contributed by atoms with E-state index in [1.807, 2.05) is 18.0 Å². The van der Waals surface area contributed by atoms with Crippen LogP contribution in [0.4, 0.5) is 16.2 Å². The van der Waals surface area contributed by atoms with E-state index >= 15 is 0 Å². The van der Waals surface area contributed by atoms with Crippen LogP contribution in [-0.2, 0) is 23.1 Å². The molecule has 2 aromatic rings. The van der Waals surface area contributed by atoms with E-state index in [9.17, 15) is 24.3 Å². The fraction of sp³-hybridized carbons (Fsp3) is 0.364. The Morgan fingerprint density at radius 3 is 2.57 bits per heavy atom. The first-order valence-electron chi connectivity index (χ1n) is 10.9. The van der Waals surface area contributed by atoms with Crippen LogP contribution in [0.25, 0.3) is 0 Å². The van der Waals surface area contributed by atoms with E-state index in [0.29, 0.717) is 24.3 Å². The van der Waals surface area contributed by atoms with Crippen LogP contribution in [-0.4, -0.2) is 76.3 Å². The number of piperazine rings is 1. The highest BCUT2D eigenvalue weighted by Gasteiger charge is 2.60. The number of likely N-dealkylation sites (N-methyl/N-ethyl adjacent to an activating group) is 1. The summed E-state index contributed by atoms with van der Waals surface area (Å²) in [6, 6.07) is 4.09. The Morgan fingerprint density at radius 1 is 1.14 bits per heavy atom. The van der Waals surface area contributed by atoms with Gasteiger partial charge in [-0.1, -0.05) is 0 Å². The molecule has 3 aliphatic rings. The van der Waals surface area contributed by atoms with E-state index in [1.165, 1.54) is 17.8 Å². The van der Waals surface area contributed by atoms with Crippen LogP contribution in [0, 0.1) is 10.2 Å². The van der Waals surface area contributed by atoms with Gasteiger partial charge in [0.1, 0.15) is 5.56 Å². The summed E-state index contributed by atoms with van der Waals surface area (Å²) in [5.41, 5.74) is -0.0633. The van der Waals surface area contributed by atoms with Gasteiger partial charge >= 0.3 is 6.03 Å². The second kappa shape index (κ2) is 8.13. The van der Waals surface area contributed by atoms with Crippen LogP contribution in [0.1, 0.15) is 11.1 Å². The summed E-state index contributed by atoms with van der Waals surface area (Å²) < 4.78 is 1.33. The van der Waals surface area contributed by atoms with E-state index in [1.54, 1.807) is 12.1 Å². The molecule has 2 fully saturated rings. The summed E-state index contributed by atoms with van der Waals surface area (Å²) in [4.78, 5) is 61.2. The monoisotopic (exact) mass is 497 g/mol. The fourth-order valence-electron chi connectivity index (χ4n) is 5.03. The van der Waals surface area contributed by atoms with Crippen molar-refractivity contribution in [2.45, 2.75) is 12.5 Å². The molecule has 13 heteroatoms. The Bertz CT molecular complexity index is 1410. The second-order valence-electron chi connectivity index (χ2n) is 8.98. The highest BCUT2D eigenvalue weighted by Crippen LogP contribution is 2.45. The number of amides is 4. The van der Waals surface area contributed by atoms with Gasteiger partial charge in [0.25, 0.3) is 5.56 Å². The zero-order valence-electron chi connectivity index (χ0n) is 19.0. The molecule has 3 aliphatic heterocycles. The minimum absolute atomic E-state index is 0.0565. The summed E-state index contributed by atoms with van der Waals surface area (Å²) in [5.74, 6) is -1.56. The Morgan fingerprint density at radius 2 is 1.86 bits per heavy atom. The van der Waals surface area contributed by atoms with Gasteiger partial charge in [-0.3, -0.25) is 39.6 Å².